The van der Waals surface area contributed by atoms with Gasteiger partial charge in [0.25, 0.3) is 0 Å². The molecule has 5 nitrogen and oxygen atoms in total. The van der Waals surface area contributed by atoms with E-state index in [-0.39, 0.29) is 18.0 Å². The fourth-order valence-electron chi connectivity index (χ4n) is 3.04. The van der Waals surface area contributed by atoms with Crippen molar-refractivity contribution in [1.82, 2.24) is 9.88 Å². The van der Waals surface area contributed by atoms with E-state index in [4.69, 9.17) is 4.74 Å². The molecule has 1 aliphatic heterocycles. The van der Waals surface area contributed by atoms with Crippen LogP contribution in [-0.4, -0.2) is 47.8 Å². The minimum absolute atomic E-state index is 0.181. The van der Waals surface area contributed by atoms with E-state index in [1.165, 1.54) is 12.1 Å². The van der Waals surface area contributed by atoms with Crippen molar-refractivity contribution >= 4 is 22.7 Å². The third kappa shape index (κ3) is 4.00. The summed E-state index contributed by atoms with van der Waals surface area (Å²) in [5.74, 6) is -0.272. The molecular weight excluding hydrogens is 321 g/mol. The Morgan fingerprint density at radius 1 is 1.36 bits per heavy atom. The number of anilines is 1. The summed E-state index contributed by atoms with van der Waals surface area (Å²) in [6.07, 6.45) is 2.37. The van der Waals surface area contributed by atoms with E-state index in [2.05, 4.69) is 9.88 Å². The largest absolute Gasteiger partial charge is 0.444 e. The number of likely N-dealkylation sites (N-methyl/N-ethyl adjacent to an activating group) is 1. The second kappa shape index (κ2) is 6.50. The summed E-state index contributed by atoms with van der Waals surface area (Å²) in [6.45, 7) is 6.87. The number of benzene rings is 1. The molecule has 0 saturated carbocycles. The van der Waals surface area contributed by atoms with Crippen molar-refractivity contribution in [3.63, 3.8) is 0 Å². The molecule has 3 rings (SSSR count). The lowest BCUT2D eigenvalue weighted by Gasteiger charge is -2.28. The highest BCUT2D eigenvalue weighted by Crippen LogP contribution is 2.25. The number of ether oxygens (including phenoxy) is 1. The second-order valence-electron chi connectivity index (χ2n) is 7.51. The van der Waals surface area contributed by atoms with Crippen LogP contribution in [-0.2, 0) is 4.74 Å². The Labute approximate surface area is 147 Å². The Morgan fingerprint density at radius 2 is 2.12 bits per heavy atom. The van der Waals surface area contributed by atoms with E-state index in [1.54, 1.807) is 17.2 Å². The molecule has 0 N–H and O–H groups in total. The van der Waals surface area contributed by atoms with Gasteiger partial charge in [-0.15, -0.1) is 0 Å². The molecule has 1 atom stereocenters. The predicted octanol–water partition coefficient (Wildman–Crippen LogP) is 3.82. The van der Waals surface area contributed by atoms with Gasteiger partial charge >= 0.3 is 6.09 Å². The van der Waals surface area contributed by atoms with Crippen LogP contribution in [0, 0.1) is 5.82 Å². The number of pyridine rings is 1. The number of hydrogen-bond acceptors (Lipinski definition) is 4. The van der Waals surface area contributed by atoms with Crippen molar-refractivity contribution in [2.45, 2.75) is 38.8 Å². The van der Waals surface area contributed by atoms with Crippen molar-refractivity contribution in [2.75, 3.05) is 25.0 Å². The molecular formula is C19H24FN3O2. The lowest BCUT2D eigenvalue weighted by molar-refractivity contribution is 0.0292. The zero-order valence-electron chi connectivity index (χ0n) is 15.1. The van der Waals surface area contributed by atoms with Gasteiger partial charge in [-0.2, -0.15) is 0 Å². The summed E-state index contributed by atoms with van der Waals surface area (Å²) in [5.41, 5.74) is 1.18. The first-order valence-electron chi connectivity index (χ1n) is 8.49. The summed E-state index contributed by atoms with van der Waals surface area (Å²) in [6, 6.07) is 6.69. The van der Waals surface area contributed by atoms with Gasteiger partial charge in [0.05, 0.1) is 17.4 Å². The maximum Gasteiger partial charge on any atom is 0.410 e. The van der Waals surface area contributed by atoms with Crippen LogP contribution in [0.15, 0.2) is 30.5 Å². The number of amides is 1. The third-order valence-corrected chi connectivity index (χ3v) is 4.40. The second-order valence-corrected chi connectivity index (χ2v) is 7.51. The first-order chi connectivity index (χ1) is 11.7. The summed E-state index contributed by atoms with van der Waals surface area (Å²) < 4.78 is 18.9. The van der Waals surface area contributed by atoms with E-state index in [0.29, 0.717) is 13.1 Å². The molecule has 1 saturated heterocycles. The number of hydrogen-bond donors (Lipinski definition) is 0. The maximum absolute atomic E-state index is 13.4. The van der Waals surface area contributed by atoms with Crippen LogP contribution < -0.4 is 4.90 Å². The van der Waals surface area contributed by atoms with Gasteiger partial charge in [-0.05, 0) is 51.5 Å². The molecule has 0 aliphatic carbocycles. The van der Waals surface area contributed by atoms with Crippen LogP contribution in [0.4, 0.5) is 14.9 Å². The summed E-state index contributed by atoms with van der Waals surface area (Å²) >= 11 is 0. The van der Waals surface area contributed by atoms with E-state index in [0.717, 1.165) is 23.0 Å². The fourth-order valence-corrected chi connectivity index (χ4v) is 3.04. The molecule has 1 fully saturated rings. The highest BCUT2D eigenvalue weighted by Gasteiger charge is 2.32. The van der Waals surface area contributed by atoms with Gasteiger partial charge in [-0.3, -0.25) is 4.98 Å². The minimum Gasteiger partial charge on any atom is -0.444 e. The van der Waals surface area contributed by atoms with E-state index < -0.39 is 5.60 Å². The average molecular weight is 345 g/mol. The molecule has 1 aromatic heterocycles. The monoisotopic (exact) mass is 345 g/mol. The van der Waals surface area contributed by atoms with Crippen LogP contribution in [0.25, 0.3) is 10.9 Å². The van der Waals surface area contributed by atoms with Gasteiger partial charge < -0.3 is 14.5 Å². The molecule has 6 heteroatoms. The third-order valence-electron chi connectivity index (χ3n) is 4.40. The van der Waals surface area contributed by atoms with E-state index in [9.17, 15) is 9.18 Å². The van der Waals surface area contributed by atoms with Gasteiger partial charge in [-0.25, -0.2) is 9.18 Å². The van der Waals surface area contributed by atoms with Crippen molar-refractivity contribution in [2.24, 2.45) is 0 Å². The molecule has 2 heterocycles. The van der Waals surface area contributed by atoms with Crippen LogP contribution in [0.3, 0.4) is 0 Å². The Kier molecular flexibility index (Phi) is 4.54. The lowest BCUT2D eigenvalue weighted by Crippen LogP contribution is -2.39. The molecule has 0 spiro atoms. The van der Waals surface area contributed by atoms with Gasteiger partial charge in [0.2, 0.25) is 0 Å². The fraction of sp³-hybridized carbons (Fsp3) is 0.474. The van der Waals surface area contributed by atoms with Crippen molar-refractivity contribution in [1.29, 1.82) is 0 Å². The standard InChI is InChI=1S/C19H24FN3O2/c1-19(2,3)25-18(24)23-8-7-15(12-23)22(4)16-10-13-9-14(20)5-6-17(13)21-11-16/h5-6,9-11,15H,7-8,12H2,1-4H3/t15-/m0/s1. The van der Waals surface area contributed by atoms with E-state index >= 15 is 0 Å². The molecule has 0 radical (unpaired) electrons. The average Bonchev–Trinajstić information content (AvgIpc) is 3.02. The first-order valence-corrected chi connectivity index (χ1v) is 8.49. The number of carbonyl (C=O) groups excluding carboxylic acids is 1. The summed E-state index contributed by atoms with van der Waals surface area (Å²) in [5, 5.41) is 0.770. The SMILES string of the molecule is CN(c1cnc2ccc(F)cc2c1)[C@H]1CCN(C(=O)OC(C)(C)C)C1. The Morgan fingerprint density at radius 3 is 2.84 bits per heavy atom. The number of likely N-dealkylation sites (tertiary alicyclic amines) is 1. The highest BCUT2D eigenvalue weighted by atomic mass is 19.1. The normalized spacial score (nSPS) is 17.8. The minimum atomic E-state index is -0.493. The molecule has 0 unspecified atom stereocenters. The zero-order chi connectivity index (χ0) is 18.2. The molecule has 0 bridgehead atoms. The number of nitrogens with zero attached hydrogens (tertiary/aromatic N) is 3. The van der Waals surface area contributed by atoms with Crippen molar-refractivity contribution in [3.05, 3.63) is 36.3 Å². The molecule has 2 aromatic rings. The van der Waals surface area contributed by atoms with Gasteiger partial charge in [0, 0.05) is 31.6 Å². The van der Waals surface area contributed by atoms with Crippen LogP contribution in [0.1, 0.15) is 27.2 Å². The zero-order valence-corrected chi connectivity index (χ0v) is 15.1. The number of carbonyl (C=O) groups is 1. The van der Waals surface area contributed by atoms with Crippen LogP contribution in [0.2, 0.25) is 0 Å². The van der Waals surface area contributed by atoms with Crippen LogP contribution in [0.5, 0.6) is 0 Å². The quantitative estimate of drug-likeness (QED) is 0.830. The predicted molar refractivity (Wildman–Crippen MR) is 96.3 cm³/mol. The Bertz CT molecular complexity index is 788. The number of fused-ring (bicyclic) bond motifs is 1. The number of rotatable bonds is 2. The van der Waals surface area contributed by atoms with Gasteiger partial charge in [0.15, 0.2) is 0 Å². The highest BCUT2D eigenvalue weighted by molar-refractivity contribution is 5.81. The number of halogens is 1. The van der Waals surface area contributed by atoms with E-state index in [1.807, 2.05) is 33.9 Å². The molecule has 134 valence electrons. The topological polar surface area (TPSA) is 45.7 Å². The molecule has 25 heavy (non-hydrogen) atoms. The summed E-state index contributed by atoms with van der Waals surface area (Å²) in [7, 11) is 1.98. The molecule has 1 aromatic carbocycles. The Balaban J connectivity index is 1.71. The summed E-state index contributed by atoms with van der Waals surface area (Å²) in [4.78, 5) is 20.4. The van der Waals surface area contributed by atoms with Crippen LogP contribution >= 0.6 is 0 Å². The van der Waals surface area contributed by atoms with Gasteiger partial charge in [0.1, 0.15) is 11.4 Å². The smallest absolute Gasteiger partial charge is 0.410 e. The van der Waals surface area contributed by atoms with Crippen molar-refractivity contribution in [3.8, 4) is 0 Å². The molecule has 1 aliphatic rings. The number of aromatic nitrogens is 1. The molecule has 1 amide bonds. The van der Waals surface area contributed by atoms with Crippen molar-refractivity contribution < 1.29 is 13.9 Å². The maximum atomic E-state index is 13.4. The Hall–Kier alpha value is -2.37. The van der Waals surface area contributed by atoms with Gasteiger partial charge in [-0.1, -0.05) is 0 Å². The first kappa shape index (κ1) is 17.5. The lowest BCUT2D eigenvalue weighted by atomic mass is 10.1.